The Labute approximate surface area is 124 Å². The van der Waals surface area contributed by atoms with Crippen molar-refractivity contribution in [1.29, 1.82) is 0 Å². The highest BCUT2D eigenvalue weighted by molar-refractivity contribution is 6.31. The molecular formula is C15H21ClN2O2. The molecule has 1 aromatic carbocycles. The lowest BCUT2D eigenvalue weighted by atomic mass is 9.89. The van der Waals surface area contributed by atoms with Crippen molar-refractivity contribution in [3.8, 4) is 0 Å². The normalized spacial score (nSPS) is 22.5. The number of benzene rings is 1. The zero-order valence-electron chi connectivity index (χ0n) is 11.7. The number of ether oxygens (including phenoxy) is 1. The topological polar surface area (TPSA) is 64.3 Å². The minimum Gasteiger partial charge on any atom is -0.397 e. The first-order valence-corrected chi connectivity index (χ1v) is 7.39. The molecule has 1 aliphatic rings. The van der Waals surface area contributed by atoms with Gasteiger partial charge < -0.3 is 15.8 Å². The predicted molar refractivity (Wildman–Crippen MR) is 81.9 cm³/mol. The van der Waals surface area contributed by atoms with E-state index in [0.29, 0.717) is 16.4 Å². The standard InChI is InChI=1S/C15H21ClN2O2/c1-10-2-5-12(6-3-10)20-9-15(19)18-14-8-11(16)4-7-13(14)17/h4,7-8,10,12H,2-3,5-6,9,17H2,1H3,(H,18,19). The number of nitrogens with two attached hydrogens (primary N) is 1. The van der Waals surface area contributed by atoms with Crippen LogP contribution >= 0.6 is 11.6 Å². The monoisotopic (exact) mass is 296 g/mol. The largest absolute Gasteiger partial charge is 0.397 e. The maximum absolute atomic E-state index is 11.8. The van der Waals surface area contributed by atoms with Crippen LogP contribution in [0, 0.1) is 5.92 Å². The minimum absolute atomic E-state index is 0.0605. The Kier molecular flexibility index (Phi) is 5.26. The summed E-state index contributed by atoms with van der Waals surface area (Å²) in [6.45, 7) is 2.32. The lowest BCUT2D eigenvalue weighted by Gasteiger charge is -2.26. The van der Waals surface area contributed by atoms with Crippen molar-refractivity contribution in [3.63, 3.8) is 0 Å². The summed E-state index contributed by atoms with van der Waals surface area (Å²) in [7, 11) is 0. The van der Waals surface area contributed by atoms with Crippen LogP contribution in [0.2, 0.25) is 5.02 Å². The van der Waals surface area contributed by atoms with Gasteiger partial charge in [-0.2, -0.15) is 0 Å². The Morgan fingerprint density at radius 1 is 1.40 bits per heavy atom. The van der Waals surface area contributed by atoms with Crippen LogP contribution < -0.4 is 11.1 Å². The maximum atomic E-state index is 11.8. The molecule has 3 N–H and O–H groups in total. The molecule has 5 heteroatoms. The highest BCUT2D eigenvalue weighted by Gasteiger charge is 2.19. The van der Waals surface area contributed by atoms with Gasteiger partial charge in [-0.25, -0.2) is 0 Å². The van der Waals surface area contributed by atoms with Crippen LogP contribution in [0.5, 0.6) is 0 Å². The van der Waals surface area contributed by atoms with Gasteiger partial charge in [0.25, 0.3) is 0 Å². The number of carbonyl (C=O) groups excluding carboxylic acids is 1. The molecule has 0 unspecified atom stereocenters. The molecule has 0 heterocycles. The third-order valence-electron chi connectivity index (χ3n) is 3.70. The first-order chi connectivity index (χ1) is 9.54. The van der Waals surface area contributed by atoms with E-state index in [1.165, 1.54) is 12.8 Å². The van der Waals surface area contributed by atoms with E-state index in [1.54, 1.807) is 18.2 Å². The van der Waals surface area contributed by atoms with Gasteiger partial charge in [-0.15, -0.1) is 0 Å². The van der Waals surface area contributed by atoms with E-state index in [9.17, 15) is 4.79 Å². The number of nitrogens with one attached hydrogen (secondary N) is 1. The van der Waals surface area contributed by atoms with Crippen LogP contribution in [0.4, 0.5) is 11.4 Å². The van der Waals surface area contributed by atoms with E-state index in [-0.39, 0.29) is 18.6 Å². The van der Waals surface area contributed by atoms with Gasteiger partial charge in [-0.1, -0.05) is 18.5 Å². The van der Waals surface area contributed by atoms with Crippen molar-refractivity contribution in [2.24, 2.45) is 5.92 Å². The van der Waals surface area contributed by atoms with Crippen molar-refractivity contribution < 1.29 is 9.53 Å². The number of rotatable bonds is 4. The summed E-state index contributed by atoms with van der Waals surface area (Å²) in [5.74, 6) is 0.576. The quantitative estimate of drug-likeness (QED) is 0.836. The fourth-order valence-corrected chi connectivity index (χ4v) is 2.58. The number of carbonyl (C=O) groups is 1. The molecule has 20 heavy (non-hydrogen) atoms. The molecule has 0 aliphatic heterocycles. The van der Waals surface area contributed by atoms with Gasteiger partial charge in [-0.05, 0) is 49.8 Å². The highest BCUT2D eigenvalue weighted by Crippen LogP contribution is 2.26. The average Bonchev–Trinajstić information content (AvgIpc) is 2.42. The summed E-state index contributed by atoms with van der Waals surface area (Å²) in [5.41, 5.74) is 6.80. The van der Waals surface area contributed by atoms with Gasteiger partial charge >= 0.3 is 0 Å². The summed E-state index contributed by atoms with van der Waals surface area (Å²) >= 11 is 5.87. The van der Waals surface area contributed by atoms with Crippen LogP contribution in [0.1, 0.15) is 32.6 Å². The maximum Gasteiger partial charge on any atom is 0.250 e. The smallest absolute Gasteiger partial charge is 0.250 e. The highest BCUT2D eigenvalue weighted by atomic mass is 35.5. The van der Waals surface area contributed by atoms with Crippen molar-refractivity contribution in [3.05, 3.63) is 23.2 Å². The molecule has 1 fully saturated rings. The molecule has 1 aromatic rings. The summed E-state index contributed by atoms with van der Waals surface area (Å²) in [5, 5.41) is 3.26. The molecule has 0 saturated heterocycles. The molecule has 1 saturated carbocycles. The number of halogens is 1. The van der Waals surface area contributed by atoms with Gasteiger partial charge in [0.1, 0.15) is 6.61 Å². The summed E-state index contributed by atoms with van der Waals surface area (Å²) in [6.07, 6.45) is 4.62. The van der Waals surface area contributed by atoms with Gasteiger partial charge in [0.2, 0.25) is 5.91 Å². The number of hydrogen-bond acceptors (Lipinski definition) is 3. The predicted octanol–water partition coefficient (Wildman–Crippen LogP) is 3.46. The van der Waals surface area contributed by atoms with Crippen molar-refractivity contribution >= 4 is 28.9 Å². The first kappa shape index (κ1) is 15.1. The van der Waals surface area contributed by atoms with Gasteiger partial charge in [0, 0.05) is 5.02 Å². The Hall–Kier alpha value is -1.26. The molecule has 1 amide bonds. The molecule has 2 rings (SSSR count). The number of hydrogen-bond donors (Lipinski definition) is 2. The van der Waals surface area contributed by atoms with Gasteiger partial charge in [0.15, 0.2) is 0 Å². The third kappa shape index (κ3) is 4.39. The van der Waals surface area contributed by atoms with Gasteiger partial charge in [-0.3, -0.25) is 4.79 Å². The molecular weight excluding hydrogens is 276 g/mol. The lowest BCUT2D eigenvalue weighted by molar-refractivity contribution is -0.123. The average molecular weight is 297 g/mol. The molecule has 0 atom stereocenters. The number of anilines is 2. The van der Waals surface area contributed by atoms with E-state index in [0.717, 1.165) is 18.8 Å². The van der Waals surface area contributed by atoms with E-state index >= 15 is 0 Å². The number of nitrogen functional groups attached to an aromatic ring is 1. The number of amides is 1. The second-order valence-corrected chi connectivity index (χ2v) is 5.91. The zero-order chi connectivity index (χ0) is 14.5. The zero-order valence-corrected chi connectivity index (χ0v) is 12.5. The molecule has 0 bridgehead atoms. The van der Waals surface area contributed by atoms with Crippen LogP contribution in [0.3, 0.4) is 0 Å². The SMILES string of the molecule is CC1CCC(OCC(=O)Nc2cc(Cl)ccc2N)CC1. The van der Waals surface area contributed by atoms with E-state index in [2.05, 4.69) is 12.2 Å². The Bertz CT molecular complexity index is 471. The van der Waals surface area contributed by atoms with E-state index < -0.39 is 0 Å². The molecule has 4 nitrogen and oxygen atoms in total. The van der Waals surface area contributed by atoms with Crippen LogP contribution in [-0.2, 0) is 9.53 Å². The van der Waals surface area contributed by atoms with Gasteiger partial charge in [0.05, 0.1) is 17.5 Å². The molecule has 0 radical (unpaired) electrons. The first-order valence-electron chi connectivity index (χ1n) is 7.01. The molecule has 0 aromatic heterocycles. The Morgan fingerprint density at radius 3 is 2.80 bits per heavy atom. The van der Waals surface area contributed by atoms with Crippen molar-refractivity contribution in [2.45, 2.75) is 38.7 Å². The second-order valence-electron chi connectivity index (χ2n) is 5.47. The summed E-state index contributed by atoms with van der Waals surface area (Å²) < 4.78 is 5.65. The van der Waals surface area contributed by atoms with Crippen molar-refractivity contribution in [2.75, 3.05) is 17.7 Å². The summed E-state index contributed by atoms with van der Waals surface area (Å²) in [6, 6.07) is 4.99. The van der Waals surface area contributed by atoms with E-state index in [1.807, 2.05) is 0 Å². The van der Waals surface area contributed by atoms with Crippen LogP contribution in [0.25, 0.3) is 0 Å². The van der Waals surface area contributed by atoms with Crippen molar-refractivity contribution in [1.82, 2.24) is 0 Å². The molecule has 0 spiro atoms. The Morgan fingerprint density at radius 2 is 2.10 bits per heavy atom. The fourth-order valence-electron chi connectivity index (χ4n) is 2.41. The Balaban J connectivity index is 1.79. The van der Waals surface area contributed by atoms with E-state index in [4.69, 9.17) is 22.1 Å². The lowest BCUT2D eigenvalue weighted by Crippen LogP contribution is -2.26. The minimum atomic E-state index is -0.197. The summed E-state index contributed by atoms with van der Waals surface area (Å²) in [4.78, 5) is 11.8. The van der Waals surface area contributed by atoms with Crippen LogP contribution in [-0.4, -0.2) is 18.6 Å². The second kappa shape index (κ2) is 6.95. The third-order valence-corrected chi connectivity index (χ3v) is 3.94. The molecule has 1 aliphatic carbocycles. The fraction of sp³-hybridized carbons (Fsp3) is 0.533. The molecule has 110 valence electrons. The van der Waals surface area contributed by atoms with Crippen LogP contribution in [0.15, 0.2) is 18.2 Å².